The molecule has 0 aromatic heterocycles. The molecule has 3 nitrogen and oxygen atoms in total. The summed E-state index contributed by atoms with van der Waals surface area (Å²) in [5, 5.41) is 10.00. The van der Waals surface area contributed by atoms with Crippen LogP contribution in [0.2, 0.25) is 19.6 Å². The van der Waals surface area contributed by atoms with Gasteiger partial charge in [-0.2, -0.15) is 0 Å². The highest BCUT2D eigenvalue weighted by molar-refractivity contribution is 14.1. The summed E-state index contributed by atoms with van der Waals surface area (Å²) in [7, 11) is -1.50. The molecule has 0 spiro atoms. The van der Waals surface area contributed by atoms with Crippen LogP contribution in [0, 0.1) is 11.5 Å². The number of alkyl halides is 1. The van der Waals surface area contributed by atoms with Crippen LogP contribution in [0.4, 0.5) is 0 Å². The summed E-state index contributed by atoms with van der Waals surface area (Å²) < 4.78 is 5.21. The average Bonchev–Trinajstić information content (AvgIpc) is 2.10. The van der Waals surface area contributed by atoms with E-state index in [1.807, 2.05) is 22.6 Å². The first-order chi connectivity index (χ1) is 6.68. The SMILES string of the molecule is CC(=O)OC[C@](O)(C#C[Si](C)(C)C)CI. The van der Waals surface area contributed by atoms with Crippen molar-refractivity contribution < 1.29 is 14.6 Å². The first-order valence-corrected chi connectivity index (χ1v) is 9.67. The minimum atomic E-state index is -1.50. The van der Waals surface area contributed by atoms with Gasteiger partial charge in [-0.1, -0.05) is 48.2 Å². The van der Waals surface area contributed by atoms with Gasteiger partial charge < -0.3 is 9.84 Å². The van der Waals surface area contributed by atoms with Gasteiger partial charge in [0.2, 0.25) is 0 Å². The monoisotopic (exact) mass is 340 g/mol. The molecule has 0 bridgehead atoms. The fourth-order valence-electron chi connectivity index (χ4n) is 0.633. The summed E-state index contributed by atoms with van der Waals surface area (Å²) >= 11 is 2.04. The second-order valence-corrected chi connectivity index (χ2v) is 9.96. The van der Waals surface area contributed by atoms with E-state index < -0.39 is 19.6 Å². The van der Waals surface area contributed by atoms with Crippen LogP contribution in [-0.4, -0.2) is 35.8 Å². The van der Waals surface area contributed by atoms with E-state index in [9.17, 15) is 9.90 Å². The molecule has 1 N–H and O–H groups in total. The second kappa shape index (κ2) is 5.87. The summed E-state index contributed by atoms with van der Waals surface area (Å²) in [5.74, 6) is 2.43. The molecule has 0 rings (SSSR count). The molecular weight excluding hydrogens is 323 g/mol. The van der Waals surface area contributed by atoms with Gasteiger partial charge in [-0.05, 0) is 0 Å². The van der Waals surface area contributed by atoms with Crippen molar-refractivity contribution in [2.24, 2.45) is 0 Å². The largest absolute Gasteiger partial charge is 0.462 e. The molecule has 0 amide bonds. The average molecular weight is 340 g/mol. The van der Waals surface area contributed by atoms with Crippen LogP contribution in [0.5, 0.6) is 0 Å². The summed E-state index contributed by atoms with van der Waals surface area (Å²) in [5.41, 5.74) is 1.88. The van der Waals surface area contributed by atoms with Gasteiger partial charge in [0.05, 0.1) is 0 Å². The number of rotatable bonds is 3. The molecule has 1 atom stereocenters. The molecule has 0 fully saturated rings. The van der Waals surface area contributed by atoms with Gasteiger partial charge in [-0.3, -0.25) is 4.79 Å². The van der Waals surface area contributed by atoms with Crippen LogP contribution in [-0.2, 0) is 9.53 Å². The third kappa shape index (κ3) is 7.82. The molecule has 0 saturated carbocycles. The Hall–Kier alpha value is -0.0631. The quantitative estimate of drug-likeness (QED) is 0.279. The molecule has 86 valence electrons. The maximum Gasteiger partial charge on any atom is 0.302 e. The Kier molecular flexibility index (Phi) is 5.84. The van der Waals surface area contributed by atoms with E-state index >= 15 is 0 Å². The number of esters is 1. The van der Waals surface area contributed by atoms with Gasteiger partial charge in [0.25, 0.3) is 0 Å². The number of hydrogen-bond donors (Lipinski definition) is 1. The Labute approximate surface area is 106 Å². The number of ether oxygens (including phenoxy) is 1. The maximum atomic E-state index is 10.6. The normalized spacial score (nSPS) is 14.8. The standard InChI is InChI=1S/C10H17IO3Si/c1-9(12)14-8-10(13,7-11)5-6-15(2,3)4/h13H,7-8H2,1-4H3/t10-/m0/s1. The Morgan fingerprint density at radius 3 is 2.40 bits per heavy atom. The number of halogens is 1. The van der Waals surface area contributed by atoms with Crippen LogP contribution in [0.3, 0.4) is 0 Å². The van der Waals surface area contributed by atoms with Crippen LogP contribution >= 0.6 is 22.6 Å². The Bertz CT molecular complexity index is 287. The Balaban J connectivity index is 4.55. The molecular formula is C10H17IO3Si. The summed E-state index contributed by atoms with van der Waals surface area (Å²) in [6, 6.07) is 0. The first kappa shape index (κ1) is 14.9. The van der Waals surface area contributed by atoms with E-state index in [1.54, 1.807) is 0 Å². The lowest BCUT2D eigenvalue weighted by Crippen LogP contribution is -2.36. The Morgan fingerprint density at radius 1 is 1.53 bits per heavy atom. The van der Waals surface area contributed by atoms with Gasteiger partial charge >= 0.3 is 5.97 Å². The van der Waals surface area contributed by atoms with Crippen molar-refractivity contribution in [3.63, 3.8) is 0 Å². The fourth-order valence-corrected chi connectivity index (χ4v) is 1.65. The third-order valence-corrected chi connectivity index (χ3v) is 3.54. The van der Waals surface area contributed by atoms with E-state index in [0.717, 1.165) is 0 Å². The van der Waals surface area contributed by atoms with Crippen molar-refractivity contribution in [3.8, 4) is 11.5 Å². The molecule has 0 unspecified atom stereocenters. The lowest BCUT2D eigenvalue weighted by atomic mass is 10.1. The molecule has 0 radical (unpaired) electrons. The van der Waals surface area contributed by atoms with Crippen molar-refractivity contribution in [2.75, 3.05) is 11.0 Å². The molecule has 0 aromatic carbocycles. The van der Waals surface area contributed by atoms with Gasteiger partial charge in [-0.25, -0.2) is 0 Å². The topological polar surface area (TPSA) is 46.5 Å². The van der Waals surface area contributed by atoms with E-state index in [1.165, 1.54) is 6.92 Å². The number of carbonyl (C=O) groups is 1. The smallest absolute Gasteiger partial charge is 0.302 e. The van der Waals surface area contributed by atoms with Crippen molar-refractivity contribution in [1.82, 2.24) is 0 Å². The summed E-state index contributed by atoms with van der Waals surface area (Å²) in [6.07, 6.45) is 0. The zero-order valence-corrected chi connectivity index (χ0v) is 12.7. The number of hydrogen-bond acceptors (Lipinski definition) is 3. The molecule has 15 heavy (non-hydrogen) atoms. The minimum Gasteiger partial charge on any atom is -0.462 e. The second-order valence-electron chi connectivity index (χ2n) is 4.45. The van der Waals surface area contributed by atoms with E-state index in [-0.39, 0.29) is 6.61 Å². The van der Waals surface area contributed by atoms with Gasteiger partial charge in [0.15, 0.2) is 5.60 Å². The highest BCUT2D eigenvalue weighted by Crippen LogP contribution is 2.10. The molecule has 0 aliphatic carbocycles. The molecule has 0 aromatic rings. The zero-order valence-electron chi connectivity index (χ0n) is 9.56. The minimum absolute atomic E-state index is 0.0528. The molecule has 0 aliphatic rings. The molecule has 0 heterocycles. The van der Waals surface area contributed by atoms with E-state index in [2.05, 4.69) is 31.1 Å². The Morgan fingerprint density at radius 2 is 2.07 bits per heavy atom. The zero-order chi connectivity index (χ0) is 12.1. The van der Waals surface area contributed by atoms with Gasteiger partial charge in [0.1, 0.15) is 14.7 Å². The predicted molar refractivity (Wildman–Crippen MR) is 71.6 cm³/mol. The van der Waals surface area contributed by atoms with Crippen LogP contribution in [0.15, 0.2) is 0 Å². The summed E-state index contributed by atoms with van der Waals surface area (Å²) in [4.78, 5) is 10.6. The van der Waals surface area contributed by atoms with Crippen LogP contribution < -0.4 is 0 Å². The third-order valence-electron chi connectivity index (χ3n) is 1.41. The highest BCUT2D eigenvalue weighted by Gasteiger charge is 2.25. The van der Waals surface area contributed by atoms with Gasteiger partial charge in [-0.15, -0.1) is 5.54 Å². The predicted octanol–water partition coefficient (Wildman–Crippen LogP) is 1.60. The van der Waals surface area contributed by atoms with Gasteiger partial charge in [0, 0.05) is 11.4 Å². The van der Waals surface area contributed by atoms with Crippen LogP contribution in [0.25, 0.3) is 0 Å². The first-order valence-electron chi connectivity index (χ1n) is 4.64. The lowest BCUT2D eigenvalue weighted by molar-refractivity contribution is -0.145. The van der Waals surface area contributed by atoms with Crippen molar-refractivity contribution in [3.05, 3.63) is 0 Å². The van der Waals surface area contributed by atoms with E-state index in [4.69, 9.17) is 4.74 Å². The number of aliphatic hydroxyl groups is 1. The highest BCUT2D eigenvalue weighted by atomic mass is 127. The van der Waals surface area contributed by atoms with Crippen LogP contribution in [0.1, 0.15) is 6.92 Å². The van der Waals surface area contributed by atoms with Crippen molar-refractivity contribution >= 4 is 36.6 Å². The molecule has 0 saturated heterocycles. The van der Waals surface area contributed by atoms with E-state index in [0.29, 0.717) is 4.43 Å². The molecule has 0 aliphatic heterocycles. The number of carbonyl (C=O) groups excluding carboxylic acids is 1. The maximum absolute atomic E-state index is 10.6. The van der Waals surface area contributed by atoms with Crippen molar-refractivity contribution in [1.29, 1.82) is 0 Å². The fraction of sp³-hybridized carbons (Fsp3) is 0.700. The lowest BCUT2D eigenvalue weighted by Gasteiger charge is -2.19. The van der Waals surface area contributed by atoms with Crippen molar-refractivity contribution in [2.45, 2.75) is 32.2 Å². The molecule has 5 heteroatoms. The summed E-state index contributed by atoms with van der Waals surface area (Å²) in [6.45, 7) is 7.56.